The van der Waals surface area contributed by atoms with Crippen molar-refractivity contribution in [2.45, 2.75) is 19.9 Å². The molecule has 10 heteroatoms. The number of hydrogen-bond acceptors (Lipinski definition) is 8. The molecule has 4 rings (SSSR count). The number of carbonyl (C=O) groups is 2. The van der Waals surface area contributed by atoms with Crippen LogP contribution < -0.4 is 9.47 Å². The lowest BCUT2D eigenvalue weighted by Gasteiger charge is -2.26. The summed E-state index contributed by atoms with van der Waals surface area (Å²) in [5.74, 6) is -0.314. The third-order valence-corrected chi connectivity index (χ3v) is 6.66. The van der Waals surface area contributed by atoms with Gasteiger partial charge >= 0.3 is 0 Å². The predicted octanol–water partition coefficient (Wildman–Crippen LogP) is 4.21. The zero-order valence-corrected chi connectivity index (χ0v) is 21.2. The summed E-state index contributed by atoms with van der Waals surface area (Å²) in [6, 6.07) is 12.0. The minimum absolute atomic E-state index is 0.116. The Balaban J connectivity index is 1.81. The molecule has 9 nitrogen and oxygen atoms in total. The molecule has 0 radical (unpaired) electrons. The van der Waals surface area contributed by atoms with Crippen LogP contribution >= 0.6 is 0 Å². The highest BCUT2D eigenvalue weighted by atomic mass is 32.2. The average molecular weight is 511 g/mol. The first-order valence-corrected chi connectivity index (χ1v) is 13.3. The van der Waals surface area contributed by atoms with Crippen molar-refractivity contribution in [1.82, 2.24) is 4.90 Å². The predicted molar refractivity (Wildman–Crippen MR) is 134 cm³/mol. The molecule has 1 aliphatic heterocycles. The van der Waals surface area contributed by atoms with Crippen LogP contribution in [0.1, 0.15) is 51.9 Å². The monoisotopic (exact) mass is 510 g/mol. The second-order valence-corrected chi connectivity index (χ2v) is 10.5. The lowest BCUT2D eigenvalue weighted by atomic mass is 10.1. The number of carbonyl (C=O) groups excluding carboxylic acids is 2. The quantitative estimate of drug-likeness (QED) is 0.313. The number of imide groups is 1. The Kier molecular flexibility index (Phi) is 6.98. The Morgan fingerprint density at radius 3 is 2.50 bits per heavy atom. The van der Waals surface area contributed by atoms with Crippen LogP contribution in [0, 0.1) is 0 Å². The van der Waals surface area contributed by atoms with Gasteiger partial charge < -0.3 is 13.9 Å². The Bertz CT molecular complexity index is 1440. The lowest BCUT2D eigenvalue weighted by Crippen LogP contribution is -2.37. The molecule has 1 atom stereocenters. The van der Waals surface area contributed by atoms with E-state index in [1.807, 2.05) is 0 Å². The van der Waals surface area contributed by atoms with Gasteiger partial charge in [0.15, 0.2) is 11.5 Å². The molecule has 3 aromatic rings. The van der Waals surface area contributed by atoms with Crippen molar-refractivity contribution >= 4 is 33.1 Å². The van der Waals surface area contributed by atoms with Gasteiger partial charge in [-0.25, -0.2) is 13.4 Å². The number of methoxy groups -OCH3 is 1. The molecule has 1 unspecified atom stereocenters. The SMILES string of the molecule is CCOc1cc(C(CS(C)(=O)=O)N2C(=O)c3cccc(N=C(C)c4ccco4)c3C2=O)ccc1OC. The molecule has 0 aliphatic carbocycles. The van der Waals surface area contributed by atoms with Crippen LogP contribution in [0.2, 0.25) is 0 Å². The fourth-order valence-corrected chi connectivity index (χ4v) is 5.07. The minimum Gasteiger partial charge on any atom is -0.493 e. The molecule has 36 heavy (non-hydrogen) atoms. The largest absolute Gasteiger partial charge is 0.493 e. The number of rotatable bonds is 9. The van der Waals surface area contributed by atoms with Crippen LogP contribution in [-0.4, -0.2) is 56.6 Å². The second kappa shape index (κ2) is 9.98. The molecule has 0 saturated heterocycles. The Hall–Kier alpha value is -3.92. The van der Waals surface area contributed by atoms with Crippen LogP contribution in [0.15, 0.2) is 64.2 Å². The van der Waals surface area contributed by atoms with Crippen molar-refractivity contribution < 1.29 is 31.9 Å². The summed E-state index contributed by atoms with van der Waals surface area (Å²) in [5, 5.41) is 0. The first-order chi connectivity index (χ1) is 17.1. The van der Waals surface area contributed by atoms with Gasteiger partial charge in [-0.05, 0) is 55.8 Å². The van der Waals surface area contributed by atoms with Crippen LogP contribution in [0.3, 0.4) is 0 Å². The van der Waals surface area contributed by atoms with Crippen molar-refractivity contribution in [2.75, 3.05) is 25.7 Å². The van der Waals surface area contributed by atoms with Crippen LogP contribution in [0.4, 0.5) is 5.69 Å². The molecule has 2 aromatic carbocycles. The van der Waals surface area contributed by atoms with E-state index in [0.29, 0.717) is 40.8 Å². The number of amides is 2. The molecule has 1 aromatic heterocycles. The number of nitrogens with zero attached hydrogens (tertiary/aromatic N) is 2. The zero-order chi connectivity index (χ0) is 26.0. The van der Waals surface area contributed by atoms with E-state index < -0.39 is 33.4 Å². The van der Waals surface area contributed by atoms with E-state index in [1.54, 1.807) is 56.3 Å². The maximum Gasteiger partial charge on any atom is 0.264 e. The highest BCUT2D eigenvalue weighted by Crippen LogP contribution is 2.39. The van der Waals surface area contributed by atoms with Gasteiger partial charge in [0.1, 0.15) is 15.6 Å². The Labute approximate surface area is 209 Å². The summed E-state index contributed by atoms with van der Waals surface area (Å²) < 4.78 is 41.1. The molecule has 2 heterocycles. The molecule has 188 valence electrons. The smallest absolute Gasteiger partial charge is 0.264 e. The first kappa shape index (κ1) is 25.2. The van der Waals surface area contributed by atoms with E-state index in [2.05, 4.69) is 4.99 Å². The third kappa shape index (κ3) is 4.90. The number of furan rings is 1. The van der Waals surface area contributed by atoms with Crippen molar-refractivity contribution in [3.63, 3.8) is 0 Å². The zero-order valence-electron chi connectivity index (χ0n) is 20.3. The van der Waals surface area contributed by atoms with Gasteiger partial charge in [-0.3, -0.25) is 14.5 Å². The number of ether oxygens (including phenoxy) is 2. The summed E-state index contributed by atoms with van der Waals surface area (Å²) in [7, 11) is -2.11. The number of aliphatic imine (C=N–C) groups is 1. The summed E-state index contributed by atoms with van der Waals surface area (Å²) in [4.78, 5) is 32.7. The van der Waals surface area contributed by atoms with Gasteiger partial charge in [0.2, 0.25) is 0 Å². The Morgan fingerprint density at radius 2 is 1.86 bits per heavy atom. The highest BCUT2D eigenvalue weighted by Gasteiger charge is 2.43. The third-order valence-electron chi connectivity index (χ3n) is 5.73. The van der Waals surface area contributed by atoms with E-state index >= 15 is 0 Å². The fraction of sp³-hybridized carbons (Fsp3) is 0.269. The first-order valence-electron chi connectivity index (χ1n) is 11.2. The van der Waals surface area contributed by atoms with Crippen LogP contribution in [0.5, 0.6) is 11.5 Å². The molecular weight excluding hydrogens is 484 g/mol. The molecular formula is C26H26N2O7S. The van der Waals surface area contributed by atoms with E-state index in [0.717, 1.165) is 11.2 Å². The average Bonchev–Trinajstić information content (AvgIpc) is 3.45. The molecule has 0 spiro atoms. The summed E-state index contributed by atoms with van der Waals surface area (Å²) in [6.45, 7) is 3.88. The molecule has 2 amide bonds. The fourth-order valence-electron chi connectivity index (χ4n) is 4.16. The standard InChI is InChI=1S/C26H26N2O7S/c1-5-34-23-14-17(11-12-22(23)33-3)20(15-36(4,31)32)28-25(29)18-8-6-9-19(24(18)26(28)30)27-16(2)21-10-7-13-35-21/h6-14,20H,5,15H2,1-4H3. The van der Waals surface area contributed by atoms with E-state index in [9.17, 15) is 18.0 Å². The normalized spacial score (nSPS) is 14.7. The van der Waals surface area contributed by atoms with Gasteiger partial charge in [0.25, 0.3) is 11.8 Å². The number of hydrogen-bond donors (Lipinski definition) is 0. The maximum absolute atomic E-state index is 13.7. The molecule has 0 bridgehead atoms. The molecule has 0 fully saturated rings. The topological polar surface area (TPSA) is 115 Å². The molecule has 0 saturated carbocycles. The lowest BCUT2D eigenvalue weighted by molar-refractivity contribution is 0.0597. The van der Waals surface area contributed by atoms with E-state index in [1.165, 1.54) is 19.4 Å². The van der Waals surface area contributed by atoms with Crippen molar-refractivity contribution in [3.05, 3.63) is 77.2 Å². The van der Waals surface area contributed by atoms with Gasteiger partial charge in [0.05, 0.1) is 54.3 Å². The second-order valence-electron chi connectivity index (χ2n) is 8.31. The summed E-state index contributed by atoms with van der Waals surface area (Å²) >= 11 is 0. The van der Waals surface area contributed by atoms with Crippen molar-refractivity contribution in [2.24, 2.45) is 4.99 Å². The van der Waals surface area contributed by atoms with Crippen molar-refractivity contribution in [1.29, 1.82) is 0 Å². The maximum atomic E-state index is 13.7. The highest BCUT2D eigenvalue weighted by molar-refractivity contribution is 7.90. The van der Waals surface area contributed by atoms with E-state index in [4.69, 9.17) is 13.9 Å². The van der Waals surface area contributed by atoms with Gasteiger partial charge in [-0.1, -0.05) is 12.1 Å². The number of sulfone groups is 1. The minimum atomic E-state index is -3.60. The van der Waals surface area contributed by atoms with Gasteiger partial charge in [-0.2, -0.15) is 0 Å². The van der Waals surface area contributed by atoms with Gasteiger partial charge in [-0.15, -0.1) is 0 Å². The number of benzene rings is 2. The van der Waals surface area contributed by atoms with E-state index in [-0.39, 0.29) is 11.1 Å². The summed E-state index contributed by atoms with van der Waals surface area (Å²) in [5.41, 5.74) is 1.52. The number of fused-ring (bicyclic) bond motifs is 1. The van der Waals surface area contributed by atoms with Crippen LogP contribution in [0.25, 0.3) is 0 Å². The van der Waals surface area contributed by atoms with Crippen LogP contribution in [-0.2, 0) is 9.84 Å². The Morgan fingerprint density at radius 1 is 1.08 bits per heavy atom. The summed E-state index contributed by atoms with van der Waals surface area (Å²) in [6.07, 6.45) is 2.58. The van der Waals surface area contributed by atoms with Crippen molar-refractivity contribution in [3.8, 4) is 11.5 Å². The molecule has 1 aliphatic rings. The van der Waals surface area contributed by atoms with Gasteiger partial charge in [0, 0.05) is 6.26 Å². The molecule has 0 N–H and O–H groups in total.